The lowest BCUT2D eigenvalue weighted by Gasteiger charge is -2.12. The van der Waals surface area contributed by atoms with Crippen LogP contribution in [0.3, 0.4) is 0 Å². The second-order valence-electron chi connectivity index (χ2n) is 5.06. The summed E-state index contributed by atoms with van der Waals surface area (Å²) < 4.78 is 15.8. The summed E-state index contributed by atoms with van der Waals surface area (Å²) in [6, 6.07) is 4.64. The van der Waals surface area contributed by atoms with Gasteiger partial charge in [-0.05, 0) is 18.6 Å². The first-order valence-corrected chi connectivity index (χ1v) is 7.11. The Bertz CT molecular complexity index is 602. The Morgan fingerprint density at radius 3 is 2.70 bits per heavy atom. The van der Waals surface area contributed by atoms with E-state index in [0.29, 0.717) is 22.0 Å². The fraction of sp³-hybridized carbons (Fsp3) is 0.400. The molecule has 2 aromatic rings. The molecule has 20 heavy (non-hydrogen) atoms. The van der Waals surface area contributed by atoms with Crippen molar-refractivity contribution in [1.29, 1.82) is 0 Å². The molecule has 1 unspecified atom stereocenters. The molecule has 1 heterocycles. The minimum Gasteiger partial charge on any atom is -0.383 e. The maximum Gasteiger partial charge on any atom is 0.132 e. The van der Waals surface area contributed by atoms with Crippen LogP contribution in [0.15, 0.2) is 18.2 Å². The molecule has 0 saturated heterocycles. The van der Waals surface area contributed by atoms with Crippen molar-refractivity contribution in [2.45, 2.75) is 32.6 Å². The van der Waals surface area contributed by atoms with Crippen LogP contribution in [-0.4, -0.2) is 9.78 Å². The zero-order valence-corrected chi connectivity index (χ0v) is 12.7. The molecule has 1 aromatic heterocycles. The van der Waals surface area contributed by atoms with Gasteiger partial charge in [-0.1, -0.05) is 37.9 Å². The van der Waals surface area contributed by atoms with Crippen molar-refractivity contribution < 1.29 is 4.39 Å². The summed E-state index contributed by atoms with van der Waals surface area (Å²) in [7, 11) is 1.76. The second-order valence-corrected chi connectivity index (χ2v) is 5.46. The fourth-order valence-corrected chi connectivity index (χ4v) is 2.72. The van der Waals surface area contributed by atoms with Crippen LogP contribution < -0.4 is 5.73 Å². The van der Waals surface area contributed by atoms with E-state index in [9.17, 15) is 4.39 Å². The summed E-state index contributed by atoms with van der Waals surface area (Å²) in [5.74, 6) is 0.270. The Morgan fingerprint density at radius 2 is 2.10 bits per heavy atom. The average molecular weight is 296 g/mol. The Hall–Kier alpha value is -1.55. The summed E-state index contributed by atoms with van der Waals surface area (Å²) in [5, 5.41) is 4.81. The van der Waals surface area contributed by atoms with Gasteiger partial charge in [0, 0.05) is 18.5 Å². The topological polar surface area (TPSA) is 43.8 Å². The first kappa shape index (κ1) is 14.9. The predicted molar refractivity (Wildman–Crippen MR) is 81.3 cm³/mol. The number of nitrogens with two attached hydrogens (primary N) is 1. The Kier molecular flexibility index (Phi) is 4.33. The summed E-state index contributed by atoms with van der Waals surface area (Å²) in [5.41, 5.74) is 7.85. The quantitative estimate of drug-likeness (QED) is 0.910. The number of anilines is 1. The summed E-state index contributed by atoms with van der Waals surface area (Å²) in [6.45, 7) is 4.18. The van der Waals surface area contributed by atoms with Crippen molar-refractivity contribution in [3.63, 3.8) is 0 Å². The number of hydrogen-bond donors (Lipinski definition) is 1. The average Bonchev–Trinajstić information content (AvgIpc) is 2.67. The van der Waals surface area contributed by atoms with E-state index in [-0.39, 0.29) is 11.7 Å². The monoisotopic (exact) mass is 295 g/mol. The van der Waals surface area contributed by atoms with Crippen LogP contribution >= 0.6 is 11.6 Å². The molecule has 1 atom stereocenters. The number of aryl methyl sites for hydroxylation is 1. The van der Waals surface area contributed by atoms with Gasteiger partial charge < -0.3 is 5.73 Å². The summed E-state index contributed by atoms with van der Waals surface area (Å²) in [6.07, 6.45) is 2.00. The molecule has 2 rings (SSSR count). The molecule has 5 heteroatoms. The second kappa shape index (κ2) is 5.83. The first-order chi connectivity index (χ1) is 9.47. The van der Waals surface area contributed by atoms with Crippen molar-refractivity contribution >= 4 is 17.4 Å². The lowest BCUT2D eigenvalue weighted by molar-refractivity contribution is 0.622. The van der Waals surface area contributed by atoms with Crippen molar-refractivity contribution in [3.8, 4) is 11.1 Å². The SMILES string of the molecule is CCCC(C)c1nn(C)c(N)c1-c1c(F)cccc1Cl. The van der Waals surface area contributed by atoms with E-state index in [1.54, 1.807) is 23.9 Å². The van der Waals surface area contributed by atoms with Gasteiger partial charge in [-0.25, -0.2) is 4.39 Å². The van der Waals surface area contributed by atoms with Gasteiger partial charge in [-0.15, -0.1) is 0 Å². The highest BCUT2D eigenvalue weighted by molar-refractivity contribution is 6.33. The van der Waals surface area contributed by atoms with Crippen LogP contribution in [0.5, 0.6) is 0 Å². The molecule has 0 aliphatic rings. The lowest BCUT2D eigenvalue weighted by atomic mass is 9.94. The van der Waals surface area contributed by atoms with E-state index in [2.05, 4.69) is 18.9 Å². The van der Waals surface area contributed by atoms with Crippen LogP contribution in [0, 0.1) is 5.82 Å². The predicted octanol–water partition coefficient (Wildman–Crippen LogP) is 4.37. The maximum atomic E-state index is 14.2. The standard InChI is InChI=1S/C15H19ClFN3/c1-4-6-9(2)14-13(15(18)20(3)19-14)12-10(16)7-5-8-11(12)17/h5,7-9H,4,6,18H2,1-3H3. The van der Waals surface area contributed by atoms with Crippen LogP contribution in [0.25, 0.3) is 11.1 Å². The Balaban J connectivity index is 2.67. The van der Waals surface area contributed by atoms with Gasteiger partial charge in [0.25, 0.3) is 0 Å². The van der Waals surface area contributed by atoms with Gasteiger partial charge in [0.2, 0.25) is 0 Å². The third kappa shape index (κ3) is 2.52. The third-order valence-corrected chi connectivity index (χ3v) is 3.83. The molecular weight excluding hydrogens is 277 g/mol. The van der Waals surface area contributed by atoms with E-state index in [0.717, 1.165) is 18.5 Å². The Labute approximate surface area is 123 Å². The number of nitrogen functional groups attached to an aromatic ring is 1. The molecule has 0 spiro atoms. The van der Waals surface area contributed by atoms with Gasteiger partial charge in [0.1, 0.15) is 11.6 Å². The maximum absolute atomic E-state index is 14.2. The van der Waals surface area contributed by atoms with E-state index in [1.165, 1.54) is 6.07 Å². The van der Waals surface area contributed by atoms with Gasteiger partial charge in [0.05, 0.1) is 16.3 Å². The molecule has 2 N–H and O–H groups in total. The molecule has 0 amide bonds. The first-order valence-electron chi connectivity index (χ1n) is 6.74. The number of benzene rings is 1. The van der Waals surface area contributed by atoms with E-state index >= 15 is 0 Å². The normalized spacial score (nSPS) is 12.7. The fourth-order valence-electron chi connectivity index (χ4n) is 2.47. The van der Waals surface area contributed by atoms with Crippen LogP contribution in [-0.2, 0) is 7.05 Å². The van der Waals surface area contributed by atoms with E-state index in [1.807, 2.05) is 0 Å². The number of hydrogen-bond acceptors (Lipinski definition) is 2. The van der Waals surface area contributed by atoms with Gasteiger partial charge >= 0.3 is 0 Å². The molecule has 0 fully saturated rings. The molecular formula is C15H19ClFN3. The van der Waals surface area contributed by atoms with Crippen molar-refractivity contribution in [3.05, 3.63) is 34.7 Å². The van der Waals surface area contributed by atoms with E-state index in [4.69, 9.17) is 17.3 Å². The molecule has 0 bridgehead atoms. The minimum atomic E-state index is -0.373. The molecule has 0 aliphatic carbocycles. The molecule has 3 nitrogen and oxygen atoms in total. The van der Waals surface area contributed by atoms with Gasteiger partial charge in [-0.3, -0.25) is 4.68 Å². The molecule has 1 aromatic carbocycles. The minimum absolute atomic E-state index is 0.203. The third-order valence-electron chi connectivity index (χ3n) is 3.52. The van der Waals surface area contributed by atoms with Crippen LogP contribution in [0.4, 0.5) is 10.2 Å². The number of rotatable bonds is 4. The van der Waals surface area contributed by atoms with Crippen molar-refractivity contribution in [2.24, 2.45) is 7.05 Å². The molecule has 0 aliphatic heterocycles. The molecule has 0 radical (unpaired) electrons. The lowest BCUT2D eigenvalue weighted by Crippen LogP contribution is -1.99. The summed E-state index contributed by atoms with van der Waals surface area (Å²) in [4.78, 5) is 0. The van der Waals surface area contributed by atoms with Gasteiger partial charge in [-0.2, -0.15) is 5.10 Å². The smallest absolute Gasteiger partial charge is 0.132 e. The zero-order valence-electron chi connectivity index (χ0n) is 12.0. The summed E-state index contributed by atoms with van der Waals surface area (Å²) >= 11 is 6.17. The molecule has 108 valence electrons. The highest BCUT2D eigenvalue weighted by atomic mass is 35.5. The van der Waals surface area contributed by atoms with Crippen LogP contribution in [0.1, 0.15) is 38.3 Å². The number of nitrogens with zero attached hydrogens (tertiary/aromatic N) is 2. The van der Waals surface area contributed by atoms with E-state index < -0.39 is 0 Å². The van der Waals surface area contributed by atoms with Crippen LogP contribution in [0.2, 0.25) is 5.02 Å². The Morgan fingerprint density at radius 1 is 1.40 bits per heavy atom. The highest BCUT2D eigenvalue weighted by Gasteiger charge is 2.24. The zero-order chi connectivity index (χ0) is 14.9. The number of aromatic nitrogens is 2. The number of halogens is 2. The molecule has 0 saturated carbocycles. The van der Waals surface area contributed by atoms with Gasteiger partial charge in [0.15, 0.2) is 0 Å². The van der Waals surface area contributed by atoms with Crippen molar-refractivity contribution in [2.75, 3.05) is 5.73 Å². The highest BCUT2D eigenvalue weighted by Crippen LogP contribution is 2.40. The van der Waals surface area contributed by atoms with Crippen molar-refractivity contribution in [1.82, 2.24) is 9.78 Å². The largest absolute Gasteiger partial charge is 0.383 e.